The summed E-state index contributed by atoms with van der Waals surface area (Å²) in [5, 5.41) is 3.39. The van der Waals surface area contributed by atoms with Gasteiger partial charge in [0, 0.05) is 17.2 Å². The Morgan fingerprint density at radius 1 is 0.912 bits per heavy atom. The van der Waals surface area contributed by atoms with Gasteiger partial charge in [0.15, 0.2) is 5.78 Å². The van der Waals surface area contributed by atoms with Crippen molar-refractivity contribution >= 4 is 11.7 Å². The average Bonchev–Trinajstić information content (AvgIpc) is 2.85. The van der Waals surface area contributed by atoms with Gasteiger partial charge in [-0.3, -0.25) is 9.59 Å². The molecule has 2 aromatic carbocycles. The molecular weight excluding hydrogens is 426 g/mol. The molecular formula is C29H35NO4. The summed E-state index contributed by atoms with van der Waals surface area (Å²) < 4.78 is 10.6. The van der Waals surface area contributed by atoms with Crippen LogP contribution >= 0.6 is 0 Å². The minimum absolute atomic E-state index is 0.0412. The molecule has 1 unspecified atom stereocenters. The number of ketones is 1. The second kappa shape index (κ2) is 9.09. The van der Waals surface area contributed by atoms with Crippen molar-refractivity contribution in [2.45, 2.75) is 57.9 Å². The van der Waals surface area contributed by atoms with Crippen LogP contribution in [-0.2, 0) is 0 Å². The molecule has 1 N–H and O–H groups in total. The van der Waals surface area contributed by atoms with Crippen molar-refractivity contribution < 1.29 is 19.1 Å². The lowest BCUT2D eigenvalue weighted by Gasteiger charge is -2.59. The number of rotatable bonds is 8. The number of carbonyl (C=O) groups is 2. The summed E-state index contributed by atoms with van der Waals surface area (Å²) in [5.41, 5.74) is 1.82. The van der Waals surface area contributed by atoms with Gasteiger partial charge in [-0.15, -0.1) is 0 Å². The van der Waals surface area contributed by atoms with Crippen molar-refractivity contribution in [1.29, 1.82) is 0 Å². The molecule has 5 heteroatoms. The summed E-state index contributed by atoms with van der Waals surface area (Å²) in [6, 6.07) is 12.3. The van der Waals surface area contributed by atoms with Crippen molar-refractivity contribution in [3.05, 3.63) is 59.2 Å². The molecule has 180 valence electrons. The van der Waals surface area contributed by atoms with Crippen LogP contribution in [0, 0.1) is 23.2 Å². The Bertz CT molecular complexity index is 1040. The third kappa shape index (κ3) is 4.10. The number of methoxy groups -OCH3 is 2. The van der Waals surface area contributed by atoms with Crippen molar-refractivity contribution in [3.8, 4) is 11.5 Å². The van der Waals surface area contributed by atoms with Gasteiger partial charge in [0.1, 0.15) is 11.5 Å². The highest BCUT2D eigenvalue weighted by Gasteiger charge is 2.54. The SMILES string of the molecule is CCC(NC(=O)c1ccc(C(=O)c2cc(OC)ccc2OC)cc1)C12CC3CC(CC(C3)C1)C2. The molecule has 4 saturated carbocycles. The predicted molar refractivity (Wildman–Crippen MR) is 132 cm³/mol. The molecule has 0 spiro atoms. The lowest BCUT2D eigenvalue weighted by Crippen LogP contribution is -2.56. The summed E-state index contributed by atoms with van der Waals surface area (Å²) in [6.45, 7) is 2.20. The minimum atomic E-state index is -0.164. The number of hydrogen-bond donors (Lipinski definition) is 1. The third-order valence-corrected chi connectivity index (χ3v) is 8.60. The first-order valence-electron chi connectivity index (χ1n) is 12.6. The van der Waals surface area contributed by atoms with Gasteiger partial charge in [0.05, 0.1) is 19.8 Å². The Hall–Kier alpha value is -2.82. The molecule has 4 fully saturated rings. The number of benzene rings is 2. The Labute approximate surface area is 202 Å². The van der Waals surface area contributed by atoms with Gasteiger partial charge in [-0.25, -0.2) is 0 Å². The average molecular weight is 462 g/mol. The zero-order chi connectivity index (χ0) is 23.9. The molecule has 0 radical (unpaired) electrons. The maximum Gasteiger partial charge on any atom is 0.251 e. The van der Waals surface area contributed by atoms with E-state index in [1.807, 2.05) is 0 Å². The van der Waals surface area contributed by atoms with Crippen LogP contribution in [0.25, 0.3) is 0 Å². The highest BCUT2D eigenvalue weighted by atomic mass is 16.5. The van der Waals surface area contributed by atoms with Crippen molar-refractivity contribution in [1.82, 2.24) is 5.32 Å². The Kier molecular flexibility index (Phi) is 6.13. The molecule has 0 aromatic heterocycles. The number of carbonyl (C=O) groups excluding carboxylic acids is 2. The van der Waals surface area contributed by atoms with Crippen molar-refractivity contribution in [2.75, 3.05) is 14.2 Å². The molecule has 0 heterocycles. The maximum atomic E-state index is 13.2. The Morgan fingerprint density at radius 2 is 1.50 bits per heavy atom. The van der Waals surface area contributed by atoms with Crippen molar-refractivity contribution in [2.24, 2.45) is 23.2 Å². The molecule has 0 aliphatic heterocycles. The molecule has 1 atom stereocenters. The molecule has 2 aromatic rings. The monoisotopic (exact) mass is 461 g/mol. The van der Waals surface area contributed by atoms with Crippen LogP contribution < -0.4 is 14.8 Å². The van der Waals surface area contributed by atoms with Gasteiger partial charge in [-0.1, -0.05) is 19.1 Å². The standard InChI is InChI=1S/C29H35NO4/c1-4-26(29-15-18-11-19(16-29)13-20(12-18)17-29)30-28(32)22-7-5-21(6-8-22)27(31)24-14-23(33-2)9-10-25(24)34-3/h5-10,14,18-20,26H,4,11-13,15-17H2,1-3H3,(H,30,32). The van der Waals surface area contributed by atoms with Crippen LogP contribution in [0.4, 0.5) is 0 Å². The molecule has 6 rings (SSSR count). The van der Waals surface area contributed by atoms with Gasteiger partial charge in [-0.2, -0.15) is 0 Å². The quantitative estimate of drug-likeness (QED) is 0.515. The van der Waals surface area contributed by atoms with Gasteiger partial charge < -0.3 is 14.8 Å². The molecule has 4 aliphatic rings. The number of amides is 1. The molecule has 4 bridgehead atoms. The maximum absolute atomic E-state index is 13.2. The first-order valence-corrected chi connectivity index (χ1v) is 12.6. The van der Waals surface area contributed by atoms with Crippen LogP contribution in [-0.4, -0.2) is 32.0 Å². The Morgan fingerprint density at radius 3 is 2.03 bits per heavy atom. The Balaban J connectivity index is 1.31. The van der Waals surface area contributed by atoms with E-state index in [-0.39, 0.29) is 23.1 Å². The van der Waals surface area contributed by atoms with Gasteiger partial charge >= 0.3 is 0 Å². The van der Waals surface area contributed by atoms with E-state index in [4.69, 9.17) is 9.47 Å². The zero-order valence-electron chi connectivity index (χ0n) is 20.4. The molecule has 34 heavy (non-hydrogen) atoms. The van der Waals surface area contributed by atoms with Gasteiger partial charge in [0.25, 0.3) is 5.91 Å². The van der Waals surface area contributed by atoms with E-state index in [1.54, 1.807) is 56.7 Å². The zero-order valence-corrected chi connectivity index (χ0v) is 20.4. The normalized spacial score (nSPS) is 27.8. The summed E-state index contributed by atoms with van der Waals surface area (Å²) in [5.74, 6) is 3.45. The van der Waals surface area contributed by atoms with E-state index in [1.165, 1.54) is 38.5 Å². The van der Waals surface area contributed by atoms with Crippen LogP contribution in [0.5, 0.6) is 11.5 Å². The summed E-state index contributed by atoms with van der Waals surface area (Å²) >= 11 is 0. The molecule has 5 nitrogen and oxygen atoms in total. The fraction of sp³-hybridized carbons (Fsp3) is 0.517. The highest BCUT2D eigenvalue weighted by molar-refractivity contribution is 6.11. The lowest BCUT2D eigenvalue weighted by atomic mass is 9.47. The fourth-order valence-electron chi connectivity index (χ4n) is 7.45. The molecule has 4 aliphatic carbocycles. The van der Waals surface area contributed by atoms with Gasteiger partial charge in [0.2, 0.25) is 0 Å². The summed E-state index contributed by atoms with van der Waals surface area (Å²) in [7, 11) is 3.11. The van der Waals surface area contributed by atoms with Crippen molar-refractivity contribution in [3.63, 3.8) is 0 Å². The highest BCUT2D eigenvalue weighted by Crippen LogP contribution is 2.61. The second-order valence-electron chi connectivity index (χ2n) is 10.7. The fourth-order valence-corrected chi connectivity index (χ4v) is 7.45. The first kappa shape index (κ1) is 22.9. The van der Waals surface area contributed by atoms with Crippen LogP contribution in [0.3, 0.4) is 0 Å². The smallest absolute Gasteiger partial charge is 0.251 e. The van der Waals surface area contributed by atoms with E-state index in [9.17, 15) is 9.59 Å². The molecule has 1 amide bonds. The molecule has 0 saturated heterocycles. The van der Waals surface area contributed by atoms with E-state index in [2.05, 4.69) is 12.2 Å². The second-order valence-corrected chi connectivity index (χ2v) is 10.7. The van der Waals surface area contributed by atoms with E-state index in [0.717, 1.165) is 24.2 Å². The predicted octanol–water partition coefficient (Wildman–Crippen LogP) is 5.66. The number of ether oxygens (including phenoxy) is 2. The van der Waals surface area contributed by atoms with E-state index >= 15 is 0 Å². The topological polar surface area (TPSA) is 64.6 Å². The first-order chi connectivity index (χ1) is 16.4. The minimum Gasteiger partial charge on any atom is -0.497 e. The number of hydrogen-bond acceptors (Lipinski definition) is 4. The van der Waals surface area contributed by atoms with Crippen LogP contribution in [0.15, 0.2) is 42.5 Å². The van der Waals surface area contributed by atoms with E-state index in [0.29, 0.717) is 28.2 Å². The van der Waals surface area contributed by atoms with E-state index < -0.39 is 0 Å². The van der Waals surface area contributed by atoms with Crippen LogP contribution in [0.1, 0.15) is 78.1 Å². The summed E-state index contributed by atoms with van der Waals surface area (Å²) in [6.07, 6.45) is 8.98. The number of nitrogens with one attached hydrogen (secondary N) is 1. The lowest BCUT2D eigenvalue weighted by molar-refractivity contribution is -0.0727. The van der Waals surface area contributed by atoms with Crippen LogP contribution in [0.2, 0.25) is 0 Å². The largest absolute Gasteiger partial charge is 0.497 e. The third-order valence-electron chi connectivity index (χ3n) is 8.60. The van der Waals surface area contributed by atoms with Gasteiger partial charge in [-0.05, 0) is 98.4 Å². The summed E-state index contributed by atoms with van der Waals surface area (Å²) in [4.78, 5) is 26.3.